The Balaban J connectivity index is 2.82. The maximum absolute atomic E-state index is 10.9. The van der Waals surface area contributed by atoms with Crippen LogP contribution in [-0.2, 0) is 4.79 Å². The molecule has 2 heteroatoms. The van der Waals surface area contributed by atoms with Gasteiger partial charge in [-0.15, -0.1) is 0 Å². The predicted molar refractivity (Wildman–Crippen MR) is 64.7 cm³/mol. The van der Waals surface area contributed by atoms with Crippen molar-refractivity contribution in [2.45, 2.75) is 26.7 Å². The number of allylic oxidation sites excluding steroid dienone is 1. The summed E-state index contributed by atoms with van der Waals surface area (Å²) >= 11 is 0. The van der Waals surface area contributed by atoms with E-state index in [0.29, 0.717) is 0 Å². The normalized spacial score (nSPS) is 9.73. The van der Waals surface area contributed by atoms with Crippen molar-refractivity contribution in [2.24, 2.45) is 0 Å². The quantitative estimate of drug-likeness (QED) is 0.797. The van der Waals surface area contributed by atoms with E-state index in [9.17, 15) is 4.79 Å². The van der Waals surface area contributed by atoms with Crippen LogP contribution in [0.5, 0.6) is 0 Å². The van der Waals surface area contributed by atoms with Crippen molar-refractivity contribution in [3.8, 4) is 0 Å². The number of carbonyl (C=O) groups is 1. The predicted octanol–water partition coefficient (Wildman–Crippen LogP) is 3.46. The summed E-state index contributed by atoms with van der Waals surface area (Å²) in [7, 11) is 0. The van der Waals surface area contributed by atoms with Crippen molar-refractivity contribution in [3.63, 3.8) is 0 Å². The molecule has 0 aliphatic rings. The molecular weight excluding hydrogens is 186 g/mol. The largest absolute Gasteiger partial charge is 0.326 e. The van der Waals surface area contributed by atoms with Gasteiger partial charge in [0.2, 0.25) is 5.91 Å². The van der Waals surface area contributed by atoms with E-state index in [1.807, 2.05) is 24.3 Å². The van der Waals surface area contributed by atoms with Crippen LogP contribution in [0.4, 0.5) is 5.69 Å². The van der Waals surface area contributed by atoms with Crippen LogP contribution in [0.25, 0.3) is 5.57 Å². The van der Waals surface area contributed by atoms with E-state index >= 15 is 0 Å². The Morgan fingerprint density at radius 3 is 2.80 bits per heavy atom. The molecule has 1 rings (SSSR count). The van der Waals surface area contributed by atoms with E-state index in [4.69, 9.17) is 0 Å². The Labute approximate surface area is 91.0 Å². The molecule has 0 atom stereocenters. The molecule has 0 heterocycles. The maximum atomic E-state index is 10.9. The highest BCUT2D eigenvalue weighted by atomic mass is 16.1. The standard InChI is InChI=1S/C13H17NO/c1-4-6-10(2)12-7-5-8-13(9-12)14-11(3)15/h5,7-9H,2,4,6H2,1,3H3,(H,14,15). The van der Waals surface area contributed by atoms with Gasteiger partial charge in [-0.3, -0.25) is 4.79 Å². The minimum absolute atomic E-state index is 0.0479. The molecule has 0 fully saturated rings. The number of hydrogen-bond donors (Lipinski definition) is 1. The molecule has 1 aromatic rings. The van der Waals surface area contributed by atoms with Crippen molar-refractivity contribution >= 4 is 17.2 Å². The van der Waals surface area contributed by atoms with Crippen LogP contribution in [0.2, 0.25) is 0 Å². The van der Waals surface area contributed by atoms with Crippen molar-refractivity contribution < 1.29 is 4.79 Å². The van der Waals surface area contributed by atoms with E-state index in [1.54, 1.807) is 0 Å². The van der Waals surface area contributed by atoms with Crippen LogP contribution in [-0.4, -0.2) is 5.91 Å². The first-order valence-electron chi connectivity index (χ1n) is 5.19. The molecule has 0 spiro atoms. The summed E-state index contributed by atoms with van der Waals surface area (Å²) in [5.74, 6) is -0.0479. The first-order chi connectivity index (χ1) is 7.13. The summed E-state index contributed by atoms with van der Waals surface area (Å²) in [5, 5.41) is 2.76. The lowest BCUT2D eigenvalue weighted by Gasteiger charge is -2.07. The summed E-state index contributed by atoms with van der Waals surface area (Å²) in [4.78, 5) is 10.9. The monoisotopic (exact) mass is 203 g/mol. The fourth-order valence-corrected chi connectivity index (χ4v) is 1.47. The summed E-state index contributed by atoms with van der Waals surface area (Å²) in [6.07, 6.45) is 2.08. The van der Waals surface area contributed by atoms with Gasteiger partial charge in [-0.2, -0.15) is 0 Å². The third-order valence-corrected chi connectivity index (χ3v) is 2.14. The van der Waals surface area contributed by atoms with Crippen LogP contribution in [0.3, 0.4) is 0 Å². The zero-order valence-corrected chi connectivity index (χ0v) is 9.34. The van der Waals surface area contributed by atoms with Gasteiger partial charge in [0.25, 0.3) is 0 Å². The lowest BCUT2D eigenvalue weighted by Crippen LogP contribution is -2.05. The Hall–Kier alpha value is -1.57. The summed E-state index contributed by atoms with van der Waals surface area (Å²) in [6, 6.07) is 7.79. The van der Waals surface area contributed by atoms with Gasteiger partial charge in [0.05, 0.1) is 0 Å². The number of anilines is 1. The number of nitrogens with one attached hydrogen (secondary N) is 1. The van der Waals surface area contributed by atoms with Gasteiger partial charge in [-0.05, 0) is 29.7 Å². The molecule has 0 saturated carbocycles. The van der Waals surface area contributed by atoms with E-state index in [-0.39, 0.29) is 5.91 Å². The van der Waals surface area contributed by atoms with Crippen LogP contribution < -0.4 is 5.32 Å². The molecule has 1 aromatic carbocycles. The molecule has 15 heavy (non-hydrogen) atoms. The van der Waals surface area contributed by atoms with E-state index in [2.05, 4.69) is 18.8 Å². The smallest absolute Gasteiger partial charge is 0.221 e. The topological polar surface area (TPSA) is 29.1 Å². The molecule has 1 N–H and O–H groups in total. The summed E-state index contributed by atoms with van der Waals surface area (Å²) < 4.78 is 0. The van der Waals surface area contributed by atoms with E-state index in [1.165, 1.54) is 6.92 Å². The van der Waals surface area contributed by atoms with Gasteiger partial charge in [0.15, 0.2) is 0 Å². The van der Waals surface area contributed by atoms with Crippen molar-refractivity contribution in [1.82, 2.24) is 0 Å². The molecule has 0 aliphatic heterocycles. The molecule has 0 unspecified atom stereocenters. The highest BCUT2D eigenvalue weighted by Gasteiger charge is 2.00. The van der Waals surface area contributed by atoms with Crippen LogP contribution in [0.15, 0.2) is 30.8 Å². The van der Waals surface area contributed by atoms with Gasteiger partial charge in [0, 0.05) is 12.6 Å². The molecule has 0 aromatic heterocycles. The first-order valence-corrected chi connectivity index (χ1v) is 5.19. The minimum atomic E-state index is -0.0479. The van der Waals surface area contributed by atoms with Crippen molar-refractivity contribution in [1.29, 1.82) is 0 Å². The molecule has 0 aliphatic carbocycles. The molecule has 2 nitrogen and oxygen atoms in total. The van der Waals surface area contributed by atoms with Gasteiger partial charge in [-0.1, -0.05) is 32.1 Å². The Kier molecular flexibility index (Phi) is 4.10. The average Bonchev–Trinajstić information content (AvgIpc) is 2.17. The Bertz CT molecular complexity index is 369. The van der Waals surface area contributed by atoms with Crippen LogP contribution in [0, 0.1) is 0 Å². The number of carbonyl (C=O) groups excluding carboxylic acids is 1. The number of amides is 1. The average molecular weight is 203 g/mol. The van der Waals surface area contributed by atoms with Gasteiger partial charge in [0.1, 0.15) is 0 Å². The highest BCUT2D eigenvalue weighted by Crippen LogP contribution is 2.20. The van der Waals surface area contributed by atoms with Gasteiger partial charge in [-0.25, -0.2) is 0 Å². The molecule has 0 bridgehead atoms. The molecule has 80 valence electrons. The Morgan fingerprint density at radius 2 is 2.20 bits per heavy atom. The lowest BCUT2D eigenvalue weighted by atomic mass is 10.0. The second-order valence-corrected chi connectivity index (χ2v) is 3.62. The van der Waals surface area contributed by atoms with Crippen LogP contribution >= 0.6 is 0 Å². The van der Waals surface area contributed by atoms with Crippen molar-refractivity contribution in [3.05, 3.63) is 36.4 Å². The molecule has 0 saturated heterocycles. The third-order valence-electron chi connectivity index (χ3n) is 2.14. The lowest BCUT2D eigenvalue weighted by molar-refractivity contribution is -0.114. The minimum Gasteiger partial charge on any atom is -0.326 e. The first kappa shape index (κ1) is 11.5. The summed E-state index contributed by atoms with van der Waals surface area (Å²) in [6.45, 7) is 7.66. The zero-order valence-electron chi connectivity index (χ0n) is 9.34. The Morgan fingerprint density at radius 1 is 1.47 bits per heavy atom. The second kappa shape index (κ2) is 5.35. The fraction of sp³-hybridized carbons (Fsp3) is 0.308. The van der Waals surface area contributed by atoms with Gasteiger partial charge < -0.3 is 5.32 Å². The van der Waals surface area contributed by atoms with E-state index in [0.717, 1.165) is 29.7 Å². The van der Waals surface area contributed by atoms with E-state index < -0.39 is 0 Å². The number of hydrogen-bond acceptors (Lipinski definition) is 1. The van der Waals surface area contributed by atoms with Crippen molar-refractivity contribution in [2.75, 3.05) is 5.32 Å². The molecular formula is C13H17NO. The fourth-order valence-electron chi connectivity index (χ4n) is 1.47. The number of benzene rings is 1. The SMILES string of the molecule is C=C(CCC)c1cccc(NC(C)=O)c1. The highest BCUT2D eigenvalue weighted by molar-refractivity contribution is 5.89. The van der Waals surface area contributed by atoms with Gasteiger partial charge >= 0.3 is 0 Å². The molecule has 1 amide bonds. The van der Waals surface area contributed by atoms with Crippen LogP contribution in [0.1, 0.15) is 32.3 Å². The second-order valence-electron chi connectivity index (χ2n) is 3.62. The maximum Gasteiger partial charge on any atom is 0.221 e. The summed E-state index contributed by atoms with van der Waals surface area (Å²) in [5.41, 5.74) is 3.05. The zero-order chi connectivity index (χ0) is 11.3. The third kappa shape index (κ3) is 3.58. The molecule has 0 radical (unpaired) electrons. The number of rotatable bonds is 4.